The van der Waals surface area contributed by atoms with Gasteiger partial charge in [0.25, 0.3) is 0 Å². The molecule has 0 spiro atoms. The standard InChI is InChI=1S/C14H22N4O/c1-8(2)11-6-12(18-14(17-11)9(3)4)16-10-5-13(19)15-7-10/h6,8-10H,5,7H2,1-4H3,(H,15,19)(H,16,17,18). The Morgan fingerprint density at radius 2 is 2.00 bits per heavy atom. The molecule has 1 saturated heterocycles. The fourth-order valence-corrected chi connectivity index (χ4v) is 2.03. The van der Waals surface area contributed by atoms with Gasteiger partial charge in [-0.15, -0.1) is 0 Å². The Morgan fingerprint density at radius 1 is 1.26 bits per heavy atom. The summed E-state index contributed by atoms with van der Waals surface area (Å²) >= 11 is 0. The van der Waals surface area contributed by atoms with E-state index in [9.17, 15) is 4.79 Å². The minimum absolute atomic E-state index is 0.0970. The molecule has 2 N–H and O–H groups in total. The molecule has 2 heterocycles. The number of nitrogens with zero attached hydrogens (tertiary/aromatic N) is 2. The first-order chi connectivity index (χ1) is 8.95. The molecular weight excluding hydrogens is 240 g/mol. The molecule has 0 bridgehead atoms. The molecule has 1 aromatic heterocycles. The lowest BCUT2D eigenvalue weighted by Crippen LogP contribution is -2.23. The second kappa shape index (κ2) is 5.55. The van der Waals surface area contributed by atoms with Crippen LogP contribution < -0.4 is 10.6 Å². The lowest BCUT2D eigenvalue weighted by atomic mass is 10.1. The van der Waals surface area contributed by atoms with Crippen molar-refractivity contribution in [2.24, 2.45) is 0 Å². The number of hydrogen-bond donors (Lipinski definition) is 2. The maximum Gasteiger partial charge on any atom is 0.222 e. The van der Waals surface area contributed by atoms with Crippen molar-refractivity contribution in [3.8, 4) is 0 Å². The molecule has 19 heavy (non-hydrogen) atoms. The highest BCUT2D eigenvalue weighted by Gasteiger charge is 2.22. The van der Waals surface area contributed by atoms with Gasteiger partial charge in [-0.05, 0) is 5.92 Å². The Hall–Kier alpha value is -1.65. The number of carbonyl (C=O) groups is 1. The van der Waals surface area contributed by atoms with E-state index in [1.54, 1.807) is 0 Å². The monoisotopic (exact) mass is 262 g/mol. The van der Waals surface area contributed by atoms with Crippen LogP contribution in [0.5, 0.6) is 0 Å². The van der Waals surface area contributed by atoms with Crippen molar-refractivity contribution in [2.75, 3.05) is 11.9 Å². The van der Waals surface area contributed by atoms with E-state index in [1.807, 2.05) is 6.07 Å². The highest BCUT2D eigenvalue weighted by atomic mass is 16.1. The molecule has 5 heteroatoms. The molecule has 1 aliphatic rings. The van der Waals surface area contributed by atoms with E-state index in [-0.39, 0.29) is 11.9 Å². The fraction of sp³-hybridized carbons (Fsp3) is 0.643. The van der Waals surface area contributed by atoms with Crippen LogP contribution in [0.15, 0.2) is 6.07 Å². The maximum absolute atomic E-state index is 11.2. The van der Waals surface area contributed by atoms with Crippen LogP contribution in [0, 0.1) is 0 Å². The fourth-order valence-electron chi connectivity index (χ4n) is 2.03. The van der Waals surface area contributed by atoms with Crippen LogP contribution in [0.3, 0.4) is 0 Å². The summed E-state index contributed by atoms with van der Waals surface area (Å²) in [5.41, 5.74) is 1.04. The molecule has 1 unspecified atom stereocenters. The van der Waals surface area contributed by atoms with Crippen LogP contribution >= 0.6 is 0 Å². The van der Waals surface area contributed by atoms with E-state index in [1.165, 1.54) is 0 Å². The Kier molecular flexibility index (Phi) is 4.02. The lowest BCUT2D eigenvalue weighted by molar-refractivity contribution is -0.119. The first-order valence-electron chi connectivity index (χ1n) is 6.87. The van der Waals surface area contributed by atoms with E-state index >= 15 is 0 Å². The zero-order valence-corrected chi connectivity index (χ0v) is 12.0. The molecule has 0 aromatic carbocycles. The number of nitrogens with one attached hydrogen (secondary N) is 2. The third-order valence-electron chi connectivity index (χ3n) is 3.20. The van der Waals surface area contributed by atoms with Crippen LogP contribution in [-0.4, -0.2) is 28.5 Å². The largest absolute Gasteiger partial charge is 0.365 e. The number of hydrogen-bond acceptors (Lipinski definition) is 4. The number of anilines is 1. The van der Waals surface area contributed by atoms with Crippen molar-refractivity contribution >= 4 is 11.7 Å². The summed E-state index contributed by atoms with van der Waals surface area (Å²) < 4.78 is 0. The normalized spacial score (nSPS) is 19.1. The quantitative estimate of drug-likeness (QED) is 0.871. The molecule has 1 atom stereocenters. The molecule has 5 nitrogen and oxygen atoms in total. The highest BCUT2D eigenvalue weighted by molar-refractivity contribution is 5.79. The zero-order chi connectivity index (χ0) is 14.0. The zero-order valence-electron chi connectivity index (χ0n) is 12.0. The topological polar surface area (TPSA) is 66.9 Å². The lowest BCUT2D eigenvalue weighted by Gasteiger charge is -2.16. The van der Waals surface area contributed by atoms with Gasteiger partial charge in [-0.1, -0.05) is 27.7 Å². The van der Waals surface area contributed by atoms with Gasteiger partial charge in [0, 0.05) is 30.6 Å². The summed E-state index contributed by atoms with van der Waals surface area (Å²) in [5.74, 6) is 2.43. The molecule has 1 aromatic rings. The average Bonchev–Trinajstić information content (AvgIpc) is 2.74. The molecule has 1 aliphatic heterocycles. The molecule has 0 saturated carbocycles. The number of rotatable bonds is 4. The third-order valence-corrected chi connectivity index (χ3v) is 3.20. The van der Waals surface area contributed by atoms with Crippen molar-refractivity contribution in [1.29, 1.82) is 0 Å². The first kappa shape index (κ1) is 13.8. The van der Waals surface area contributed by atoms with Gasteiger partial charge in [0.15, 0.2) is 0 Å². The Bertz CT molecular complexity index is 444. The van der Waals surface area contributed by atoms with Crippen molar-refractivity contribution in [1.82, 2.24) is 15.3 Å². The van der Waals surface area contributed by atoms with E-state index in [2.05, 4.69) is 48.3 Å². The van der Waals surface area contributed by atoms with Crippen LogP contribution in [0.1, 0.15) is 57.5 Å². The predicted molar refractivity (Wildman–Crippen MR) is 75.2 cm³/mol. The van der Waals surface area contributed by atoms with Crippen LogP contribution in [-0.2, 0) is 4.79 Å². The predicted octanol–water partition coefficient (Wildman–Crippen LogP) is 2.02. The summed E-state index contributed by atoms with van der Waals surface area (Å²) in [5, 5.41) is 6.15. The van der Waals surface area contributed by atoms with Gasteiger partial charge in [0.05, 0.1) is 6.04 Å². The van der Waals surface area contributed by atoms with E-state index in [4.69, 9.17) is 0 Å². The van der Waals surface area contributed by atoms with Crippen LogP contribution in [0.25, 0.3) is 0 Å². The highest BCUT2D eigenvalue weighted by Crippen LogP contribution is 2.20. The Balaban J connectivity index is 2.21. The summed E-state index contributed by atoms with van der Waals surface area (Å²) in [6, 6.07) is 2.11. The van der Waals surface area contributed by atoms with E-state index in [0.717, 1.165) is 17.3 Å². The minimum Gasteiger partial charge on any atom is -0.365 e. The maximum atomic E-state index is 11.2. The summed E-state index contributed by atoms with van der Waals surface area (Å²) in [6.07, 6.45) is 0.512. The van der Waals surface area contributed by atoms with Gasteiger partial charge >= 0.3 is 0 Å². The second-order valence-electron chi connectivity index (χ2n) is 5.70. The van der Waals surface area contributed by atoms with Gasteiger partial charge < -0.3 is 10.6 Å². The smallest absolute Gasteiger partial charge is 0.222 e. The summed E-state index contributed by atoms with van der Waals surface area (Å²) in [6.45, 7) is 9.08. The molecule has 2 rings (SSSR count). The molecule has 104 valence electrons. The Morgan fingerprint density at radius 3 is 2.53 bits per heavy atom. The number of amides is 1. The van der Waals surface area contributed by atoms with Crippen LogP contribution in [0.4, 0.5) is 5.82 Å². The van der Waals surface area contributed by atoms with Crippen molar-refractivity contribution < 1.29 is 4.79 Å². The summed E-state index contributed by atoms with van der Waals surface area (Å²) in [4.78, 5) is 20.3. The molecular formula is C14H22N4O. The SMILES string of the molecule is CC(C)c1cc(NC2CNC(=O)C2)nc(C(C)C)n1. The van der Waals surface area contributed by atoms with Gasteiger partial charge in [0.2, 0.25) is 5.91 Å². The number of aromatic nitrogens is 2. The second-order valence-corrected chi connectivity index (χ2v) is 5.70. The molecule has 0 radical (unpaired) electrons. The van der Waals surface area contributed by atoms with Gasteiger partial charge in [-0.3, -0.25) is 4.79 Å². The minimum atomic E-state index is 0.0970. The van der Waals surface area contributed by atoms with Gasteiger partial charge in [-0.2, -0.15) is 0 Å². The third kappa shape index (κ3) is 3.43. The van der Waals surface area contributed by atoms with Crippen molar-refractivity contribution in [3.63, 3.8) is 0 Å². The molecule has 1 amide bonds. The van der Waals surface area contributed by atoms with Gasteiger partial charge in [0.1, 0.15) is 11.6 Å². The first-order valence-corrected chi connectivity index (χ1v) is 6.87. The van der Waals surface area contributed by atoms with E-state index < -0.39 is 0 Å². The van der Waals surface area contributed by atoms with Crippen LogP contribution in [0.2, 0.25) is 0 Å². The average molecular weight is 262 g/mol. The van der Waals surface area contributed by atoms with Gasteiger partial charge in [-0.25, -0.2) is 9.97 Å². The molecule has 0 aliphatic carbocycles. The van der Waals surface area contributed by atoms with Crippen molar-refractivity contribution in [3.05, 3.63) is 17.6 Å². The Labute approximate surface area is 114 Å². The van der Waals surface area contributed by atoms with Crippen molar-refractivity contribution in [2.45, 2.75) is 52.0 Å². The summed E-state index contributed by atoms with van der Waals surface area (Å²) in [7, 11) is 0. The molecule has 1 fully saturated rings. The van der Waals surface area contributed by atoms with E-state index in [0.29, 0.717) is 24.8 Å². The number of carbonyl (C=O) groups excluding carboxylic acids is 1.